The van der Waals surface area contributed by atoms with Crippen molar-refractivity contribution in [2.45, 2.75) is 0 Å². The van der Waals surface area contributed by atoms with Crippen LogP contribution < -0.4 is 0 Å². The molecule has 0 aliphatic carbocycles. The summed E-state index contributed by atoms with van der Waals surface area (Å²) in [5.74, 6) is 4.42. The van der Waals surface area contributed by atoms with Gasteiger partial charge in [-0.3, -0.25) is 9.97 Å². The van der Waals surface area contributed by atoms with Gasteiger partial charge in [-0.05, 0) is 107 Å². The van der Waals surface area contributed by atoms with Gasteiger partial charge >= 0.3 is 0 Å². The minimum absolute atomic E-state index is 0.537. The first-order valence-corrected chi connectivity index (χ1v) is 36.0. The molecular weight excluding hydrogens is 1350 g/mol. The standard InChI is InChI=1S/C86H48N18S2/c1-3-15-53-51(13-1)71-89-73(53)93-77-59-21-9-11-23-61(59)81(97-77)101-85-65-43-47(27-33-63(65)83(103-85)99-79-57-19-7-5-17-55(57)75(91-71)95-79)69-35-31-49(105-69)29-25-45-37-39-87-67(41-45)68-42-46(38-40-88-68)26-30-50-32-36-70(106-50)48-28-34-64-66(44-48)86-102-82-62-24-12-10-22-60(62)78(98-82)94-74-54-16-4-2-14-52(54)72(90-74)92-76-56-18-6-8-20-58(56)80(96-76)100-84(64)104-86/h1-44H,(H2,89,91,93,95,97,99,101,103)(H2,90,92,94,96,98,100,102,104)/b29-25+,30-26+. The highest BCUT2D eigenvalue weighted by Gasteiger charge is 2.27. The van der Waals surface area contributed by atoms with Crippen LogP contribution in [-0.2, 0) is 0 Å². The van der Waals surface area contributed by atoms with Gasteiger partial charge in [0.15, 0.2) is 46.6 Å². The van der Waals surface area contributed by atoms with E-state index in [1.165, 1.54) is 0 Å². The summed E-state index contributed by atoms with van der Waals surface area (Å²) in [6, 6.07) is 78.2. The quantitative estimate of drug-likeness (QED) is 0.116. The van der Waals surface area contributed by atoms with E-state index in [9.17, 15) is 0 Å². The Morgan fingerprint density at radius 1 is 0.226 bits per heavy atom. The lowest BCUT2D eigenvalue weighted by atomic mass is 10.0. The lowest BCUT2D eigenvalue weighted by Crippen LogP contribution is -1.88. The first kappa shape index (κ1) is 59.4. The molecule has 0 atom stereocenters. The Morgan fingerprint density at radius 3 is 0.783 bits per heavy atom. The zero-order chi connectivity index (χ0) is 69.5. The molecule has 0 amide bonds. The molecular formula is C86H48N18S2. The average Bonchev–Trinajstić information content (AvgIpc) is 1.61. The number of aromatic amines is 4. The number of nitrogens with zero attached hydrogens (tertiary/aromatic N) is 14. The van der Waals surface area contributed by atoms with E-state index in [4.69, 9.17) is 69.8 Å². The van der Waals surface area contributed by atoms with E-state index in [1.807, 2.05) is 158 Å². The minimum atomic E-state index is 0.537. The lowest BCUT2D eigenvalue weighted by molar-refractivity contribution is 1.19. The molecule has 16 bridgehead atoms. The third-order valence-electron chi connectivity index (χ3n) is 19.6. The number of hydrogen-bond acceptors (Lipinski definition) is 16. The molecule has 18 nitrogen and oxygen atoms in total. The van der Waals surface area contributed by atoms with Crippen LogP contribution in [0.3, 0.4) is 0 Å². The summed E-state index contributed by atoms with van der Waals surface area (Å²) in [7, 11) is 0. The number of rotatable bonds is 7. The highest BCUT2D eigenvalue weighted by atomic mass is 32.1. The number of aromatic nitrogens is 18. The Balaban J connectivity index is 0.547. The average molecular weight is 1400 g/mol. The molecule has 0 saturated heterocycles. The number of fused-ring (bicyclic) bond motifs is 40. The number of pyridine rings is 2. The van der Waals surface area contributed by atoms with Crippen LogP contribution in [0.2, 0.25) is 0 Å². The largest absolute Gasteiger partial charge is 0.324 e. The number of hydrogen-bond donors (Lipinski definition) is 4. The van der Waals surface area contributed by atoms with Gasteiger partial charge in [-0.2, -0.15) is 0 Å². The van der Waals surface area contributed by atoms with Crippen molar-refractivity contribution in [3.8, 4) is 123 Å². The lowest BCUT2D eigenvalue weighted by Gasteiger charge is -2.03. The van der Waals surface area contributed by atoms with Crippen molar-refractivity contribution in [2.75, 3.05) is 0 Å². The number of H-pyrrole nitrogens is 4. The normalized spacial score (nSPS) is 12.3. The Labute approximate surface area is 608 Å². The van der Waals surface area contributed by atoms with Gasteiger partial charge < -0.3 is 19.9 Å². The topological polar surface area (TPSA) is 244 Å². The Morgan fingerprint density at radius 2 is 0.491 bits per heavy atom. The second-order valence-electron chi connectivity index (χ2n) is 26.0. The molecule has 494 valence electrons. The van der Waals surface area contributed by atoms with Crippen molar-refractivity contribution in [1.29, 1.82) is 0 Å². The molecule has 22 rings (SSSR count). The fourth-order valence-corrected chi connectivity index (χ4v) is 16.3. The van der Waals surface area contributed by atoms with Crippen LogP contribution in [0.15, 0.2) is 243 Å². The third kappa shape index (κ3) is 9.99. The monoisotopic (exact) mass is 1400 g/mol. The molecule has 18 aromatic rings. The first-order valence-electron chi connectivity index (χ1n) is 34.4. The maximum Gasteiger partial charge on any atom is 0.164 e. The fourth-order valence-electron chi connectivity index (χ4n) is 14.5. The van der Waals surface area contributed by atoms with E-state index < -0.39 is 0 Å². The third-order valence-corrected chi connectivity index (χ3v) is 21.8. The van der Waals surface area contributed by atoms with Crippen molar-refractivity contribution in [2.24, 2.45) is 0 Å². The molecule has 106 heavy (non-hydrogen) atoms. The van der Waals surface area contributed by atoms with E-state index in [-0.39, 0.29) is 0 Å². The van der Waals surface area contributed by atoms with Gasteiger partial charge in [-0.25, -0.2) is 59.8 Å². The molecule has 8 aromatic carbocycles. The van der Waals surface area contributed by atoms with Gasteiger partial charge in [-0.1, -0.05) is 170 Å². The van der Waals surface area contributed by atoms with Crippen LogP contribution in [0.4, 0.5) is 0 Å². The molecule has 0 spiro atoms. The maximum absolute atomic E-state index is 5.30. The number of thiophene rings is 2. The minimum Gasteiger partial charge on any atom is -0.324 e. The van der Waals surface area contributed by atoms with Gasteiger partial charge in [0.25, 0.3) is 0 Å². The molecule has 4 aliphatic rings. The van der Waals surface area contributed by atoms with Crippen LogP contribution in [0.25, 0.3) is 236 Å². The van der Waals surface area contributed by atoms with Gasteiger partial charge in [-0.15, -0.1) is 22.7 Å². The summed E-state index contributed by atoms with van der Waals surface area (Å²) in [5, 5.41) is 7.32. The highest BCUT2D eigenvalue weighted by molar-refractivity contribution is 7.16. The summed E-state index contributed by atoms with van der Waals surface area (Å²) in [4.78, 5) is 90.3. The van der Waals surface area contributed by atoms with E-state index in [1.54, 1.807) is 22.7 Å². The predicted molar refractivity (Wildman–Crippen MR) is 424 cm³/mol. The van der Waals surface area contributed by atoms with Crippen molar-refractivity contribution in [3.63, 3.8) is 0 Å². The van der Waals surface area contributed by atoms with E-state index >= 15 is 0 Å². The van der Waals surface area contributed by atoms with Gasteiger partial charge in [0, 0.05) is 119 Å². The fraction of sp³-hybridized carbons (Fsp3) is 0. The van der Waals surface area contributed by atoms with Crippen LogP contribution >= 0.6 is 22.7 Å². The van der Waals surface area contributed by atoms with Crippen molar-refractivity contribution < 1.29 is 0 Å². The van der Waals surface area contributed by atoms with E-state index in [2.05, 4.69) is 129 Å². The summed E-state index contributed by atoms with van der Waals surface area (Å²) < 4.78 is 0. The number of nitrogens with one attached hydrogen (secondary N) is 4. The number of benzene rings is 8. The molecule has 14 heterocycles. The Hall–Kier alpha value is -14.3. The van der Waals surface area contributed by atoms with Gasteiger partial charge in [0.05, 0.1) is 11.4 Å². The summed E-state index contributed by atoms with van der Waals surface area (Å²) in [6.45, 7) is 0. The smallest absolute Gasteiger partial charge is 0.164 e. The molecule has 20 heteroatoms. The zero-order valence-electron chi connectivity index (χ0n) is 55.5. The zero-order valence-corrected chi connectivity index (χ0v) is 57.1. The van der Waals surface area contributed by atoms with Crippen molar-refractivity contribution >= 4 is 135 Å². The molecule has 4 N–H and O–H groups in total. The second kappa shape index (κ2) is 23.6. The molecule has 10 aromatic heterocycles. The highest BCUT2D eigenvalue weighted by Crippen LogP contribution is 2.44. The molecule has 0 radical (unpaired) electrons. The van der Waals surface area contributed by atoms with Crippen LogP contribution in [0.5, 0.6) is 0 Å². The van der Waals surface area contributed by atoms with Crippen LogP contribution in [-0.4, -0.2) is 89.7 Å². The Bertz CT molecular complexity index is 6830. The molecule has 4 aliphatic heterocycles. The van der Waals surface area contributed by atoms with Gasteiger partial charge in [0.1, 0.15) is 45.2 Å². The summed E-state index contributed by atoms with van der Waals surface area (Å²) in [6.07, 6.45) is 12.2. The van der Waals surface area contributed by atoms with Crippen molar-refractivity contribution in [1.82, 2.24) is 89.7 Å². The van der Waals surface area contributed by atoms with Gasteiger partial charge in [0.2, 0.25) is 0 Å². The van der Waals surface area contributed by atoms with Crippen molar-refractivity contribution in [3.05, 3.63) is 264 Å². The SMILES string of the molecule is C(=C\c1ccc(-c2ccc3c(c2)-c2nc-3nc3[nH]c(nc4nc(nc5[nH]c(n2)c2ccccc52)-c2ccccc2-4)c2ccccc32)s1)/c1ccnc(-c2cc(/C=C/c3ccc(-c4ccc5c(c4)-c4nc-5nc5[nH]c(nc6nc(nc7[nH]c(n4)c4ccccc74)-c4ccccc4-6)c4ccccc54)s3)ccn2)c1. The molecule has 0 unspecified atom stereocenters. The molecule has 0 fully saturated rings. The second-order valence-corrected chi connectivity index (χ2v) is 28.3. The first-order chi connectivity index (χ1) is 52.4. The van der Waals surface area contributed by atoms with Crippen LogP contribution in [0.1, 0.15) is 20.9 Å². The summed E-state index contributed by atoms with van der Waals surface area (Å²) in [5.41, 5.74) is 17.8. The summed E-state index contributed by atoms with van der Waals surface area (Å²) >= 11 is 3.41. The predicted octanol–water partition coefficient (Wildman–Crippen LogP) is 20.3. The molecule has 0 saturated carbocycles. The Kier molecular flexibility index (Phi) is 13.2. The van der Waals surface area contributed by atoms with Crippen LogP contribution in [0, 0.1) is 0 Å². The van der Waals surface area contributed by atoms with E-state index in [0.717, 1.165) is 141 Å². The van der Waals surface area contributed by atoms with E-state index in [0.29, 0.717) is 91.8 Å². The maximum atomic E-state index is 5.30.